The first-order valence-corrected chi connectivity index (χ1v) is 4.64. The van der Waals surface area contributed by atoms with E-state index in [0.29, 0.717) is 5.75 Å². The summed E-state index contributed by atoms with van der Waals surface area (Å²) in [5.41, 5.74) is 2.24. The first-order valence-electron chi connectivity index (χ1n) is 4.64. The molecule has 0 bridgehead atoms. The van der Waals surface area contributed by atoms with Crippen LogP contribution in [0.1, 0.15) is 24.5 Å². The molecule has 0 aliphatic carbocycles. The van der Waals surface area contributed by atoms with Crippen molar-refractivity contribution < 1.29 is 5.11 Å². The Kier molecular flexibility index (Phi) is 3.56. The van der Waals surface area contributed by atoms with Crippen molar-refractivity contribution in [2.45, 2.75) is 26.7 Å². The van der Waals surface area contributed by atoms with Crippen molar-refractivity contribution >= 4 is 0 Å². The molecule has 0 radical (unpaired) electrons. The number of phenols is 1. The number of rotatable bonds is 3. The maximum absolute atomic E-state index is 9.57. The van der Waals surface area contributed by atoms with Crippen LogP contribution < -0.4 is 0 Å². The average Bonchev–Trinajstić information content (AvgIpc) is 2.10. The molecule has 0 saturated carbocycles. The standard InChI is InChI=1S/C12H16O/c1-3-4-5-8-11-10(2)7-6-9-12(11)13/h3-4,6-7,9,13H,5,8H2,1-2H3/b4-3-. The molecular weight excluding hydrogens is 160 g/mol. The molecule has 1 rings (SSSR count). The van der Waals surface area contributed by atoms with Crippen molar-refractivity contribution in [2.24, 2.45) is 0 Å². The molecule has 1 aromatic rings. The third-order valence-electron chi connectivity index (χ3n) is 2.18. The zero-order chi connectivity index (χ0) is 9.68. The highest BCUT2D eigenvalue weighted by Crippen LogP contribution is 2.21. The normalized spacial score (nSPS) is 10.9. The topological polar surface area (TPSA) is 20.2 Å². The van der Waals surface area contributed by atoms with Crippen LogP contribution in [0.2, 0.25) is 0 Å². The number of allylic oxidation sites excluding steroid dienone is 2. The monoisotopic (exact) mass is 176 g/mol. The Balaban J connectivity index is 2.75. The molecular formula is C12H16O. The van der Waals surface area contributed by atoms with E-state index in [1.807, 2.05) is 32.1 Å². The summed E-state index contributed by atoms with van der Waals surface area (Å²) >= 11 is 0. The highest BCUT2D eigenvalue weighted by Gasteiger charge is 2.01. The molecule has 70 valence electrons. The van der Waals surface area contributed by atoms with E-state index in [2.05, 4.69) is 6.08 Å². The van der Waals surface area contributed by atoms with Crippen molar-refractivity contribution in [2.75, 3.05) is 0 Å². The summed E-state index contributed by atoms with van der Waals surface area (Å²) in [6.07, 6.45) is 6.07. The van der Waals surface area contributed by atoms with Crippen LogP contribution in [-0.4, -0.2) is 5.11 Å². The molecule has 1 nitrogen and oxygen atoms in total. The highest BCUT2D eigenvalue weighted by atomic mass is 16.3. The molecule has 0 atom stereocenters. The Morgan fingerprint density at radius 3 is 2.77 bits per heavy atom. The Morgan fingerprint density at radius 1 is 1.38 bits per heavy atom. The third kappa shape index (κ3) is 2.62. The summed E-state index contributed by atoms with van der Waals surface area (Å²) in [6, 6.07) is 5.66. The molecule has 13 heavy (non-hydrogen) atoms. The van der Waals surface area contributed by atoms with Gasteiger partial charge in [-0.25, -0.2) is 0 Å². The zero-order valence-corrected chi connectivity index (χ0v) is 8.25. The lowest BCUT2D eigenvalue weighted by atomic mass is 10.0. The zero-order valence-electron chi connectivity index (χ0n) is 8.25. The fraction of sp³-hybridized carbons (Fsp3) is 0.333. The summed E-state index contributed by atoms with van der Waals surface area (Å²) in [7, 11) is 0. The van der Waals surface area contributed by atoms with Gasteiger partial charge >= 0.3 is 0 Å². The molecule has 0 aromatic heterocycles. The predicted molar refractivity (Wildman–Crippen MR) is 56.0 cm³/mol. The lowest BCUT2D eigenvalue weighted by Gasteiger charge is -2.05. The maximum Gasteiger partial charge on any atom is 0.119 e. The molecule has 0 aliphatic heterocycles. The first kappa shape index (κ1) is 9.85. The van der Waals surface area contributed by atoms with Gasteiger partial charge in [0.15, 0.2) is 0 Å². The number of hydrogen-bond acceptors (Lipinski definition) is 1. The van der Waals surface area contributed by atoms with Gasteiger partial charge in [-0.1, -0.05) is 24.3 Å². The van der Waals surface area contributed by atoms with Gasteiger partial charge in [0.25, 0.3) is 0 Å². The van der Waals surface area contributed by atoms with Crippen molar-refractivity contribution in [3.63, 3.8) is 0 Å². The van der Waals surface area contributed by atoms with Crippen molar-refractivity contribution in [3.05, 3.63) is 41.5 Å². The molecule has 0 saturated heterocycles. The van der Waals surface area contributed by atoms with Gasteiger partial charge in [-0.05, 0) is 43.9 Å². The van der Waals surface area contributed by atoms with Crippen molar-refractivity contribution in [1.82, 2.24) is 0 Å². The van der Waals surface area contributed by atoms with Crippen LogP contribution in [0.25, 0.3) is 0 Å². The van der Waals surface area contributed by atoms with E-state index in [1.54, 1.807) is 6.07 Å². The van der Waals surface area contributed by atoms with Crippen LogP contribution in [0.5, 0.6) is 5.75 Å². The summed E-state index contributed by atoms with van der Waals surface area (Å²) in [4.78, 5) is 0. The minimum absolute atomic E-state index is 0.421. The smallest absolute Gasteiger partial charge is 0.119 e. The van der Waals surface area contributed by atoms with Crippen LogP contribution in [0, 0.1) is 6.92 Å². The van der Waals surface area contributed by atoms with E-state index >= 15 is 0 Å². The van der Waals surface area contributed by atoms with Crippen molar-refractivity contribution in [3.8, 4) is 5.75 Å². The molecule has 0 heterocycles. The number of aromatic hydroxyl groups is 1. The van der Waals surface area contributed by atoms with E-state index < -0.39 is 0 Å². The predicted octanol–water partition coefficient (Wildman–Crippen LogP) is 3.21. The fourth-order valence-corrected chi connectivity index (χ4v) is 1.41. The summed E-state index contributed by atoms with van der Waals surface area (Å²) in [5, 5.41) is 9.57. The maximum atomic E-state index is 9.57. The van der Waals surface area contributed by atoms with E-state index in [-0.39, 0.29) is 0 Å². The molecule has 1 heteroatoms. The van der Waals surface area contributed by atoms with Gasteiger partial charge in [0.2, 0.25) is 0 Å². The van der Waals surface area contributed by atoms with Crippen LogP contribution in [-0.2, 0) is 6.42 Å². The quantitative estimate of drug-likeness (QED) is 0.701. The second kappa shape index (κ2) is 4.70. The van der Waals surface area contributed by atoms with Gasteiger partial charge in [0.1, 0.15) is 5.75 Å². The largest absolute Gasteiger partial charge is 0.508 e. The Labute approximate surface area is 79.7 Å². The second-order valence-electron chi connectivity index (χ2n) is 3.18. The van der Waals surface area contributed by atoms with E-state index in [1.165, 1.54) is 5.56 Å². The molecule has 1 N–H and O–H groups in total. The van der Waals surface area contributed by atoms with Crippen LogP contribution in [0.4, 0.5) is 0 Å². The second-order valence-corrected chi connectivity index (χ2v) is 3.18. The van der Waals surface area contributed by atoms with Gasteiger partial charge in [-0.3, -0.25) is 0 Å². The molecule has 0 aliphatic rings. The molecule has 0 spiro atoms. The summed E-state index contributed by atoms with van der Waals surface area (Å²) in [5.74, 6) is 0.421. The molecule has 0 fully saturated rings. The lowest BCUT2D eigenvalue weighted by Crippen LogP contribution is -1.88. The van der Waals surface area contributed by atoms with E-state index in [4.69, 9.17) is 0 Å². The average molecular weight is 176 g/mol. The van der Waals surface area contributed by atoms with Crippen LogP contribution in [0.3, 0.4) is 0 Å². The van der Waals surface area contributed by atoms with Gasteiger partial charge in [-0.15, -0.1) is 0 Å². The molecule has 0 amide bonds. The molecule has 1 aromatic carbocycles. The fourth-order valence-electron chi connectivity index (χ4n) is 1.41. The number of aryl methyl sites for hydroxylation is 1. The van der Waals surface area contributed by atoms with Crippen LogP contribution in [0.15, 0.2) is 30.4 Å². The first-order chi connectivity index (χ1) is 6.25. The molecule has 0 unspecified atom stereocenters. The SMILES string of the molecule is C/C=C\CCc1c(C)cccc1O. The van der Waals surface area contributed by atoms with Gasteiger partial charge in [0, 0.05) is 0 Å². The number of benzene rings is 1. The van der Waals surface area contributed by atoms with Crippen molar-refractivity contribution in [1.29, 1.82) is 0 Å². The lowest BCUT2D eigenvalue weighted by molar-refractivity contribution is 0.467. The van der Waals surface area contributed by atoms with Crippen LogP contribution >= 0.6 is 0 Å². The van der Waals surface area contributed by atoms with E-state index in [0.717, 1.165) is 18.4 Å². The Bertz CT molecular complexity index is 280. The number of hydrogen-bond donors (Lipinski definition) is 1. The third-order valence-corrected chi connectivity index (χ3v) is 2.18. The minimum atomic E-state index is 0.421. The number of phenolic OH excluding ortho intramolecular Hbond substituents is 1. The van der Waals surface area contributed by atoms with E-state index in [9.17, 15) is 5.11 Å². The van der Waals surface area contributed by atoms with Gasteiger partial charge in [-0.2, -0.15) is 0 Å². The summed E-state index contributed by atoms with van der Waals surface area (Å²) in [6.45, 7) is 4.04. The Morgan fingerprint density at radius 2 is 2.15 bits per heavy atom. The van der Waals surface area contributed by atoms with Gasteiger partial charge in [0.05, 0.1) is 0 Å². The summed E-state index contributed by atoms with van der Waals surface area (Å²) < 4.78 is 0. The highest BCUT2D eigenvalue weighted by molar-refractivity contribution is 5.38. The van der Waals surface area contributed by atoms with Gasteiger partial charge < -0.3 is 5.11 Å². The Hall–Kier alpha value is -1.24. The minimum Gasteiger partial charge on any atom is -0.508 e.